The highest BCUT2D eigenvalue weighted by Crippen LogP contribution is 2.38. The molecule has 1 saturated heterocycles. The van der Waals surface area contributed by atoms with Crippen molar-refractivity contribution >= 4 is 0 Å². The van der Waals surface area contributed by atoms with Crippen molar-refractivity contribution in [3.05, 3.63) is 32.6 Å². The van der Waals surface area contributed by atoms with Gasteiger partial charge in [-0.2, -0.15) is 0 Å². The summed E-state index contributed by atoms with van der Waals surface area (Å²) in [4.78, 5) is 23.7. The molecule has 0 spiro atoms. The second-order valence-corrected chi connectivity index (χ2v) is 5.86. The van der Waals surface area contributed by atoms with Crippen LogP contribution < -0.4 is 16.6 Å². The van der Waals surface area contributed by atoms with Gasteiger partial charge in [-0.1, -0.05) is 0 Å². The van der Waals surface area contributed by atoms with Crippen LogP contribution in [0.25, 0.3) is 0 Å². The Morgan fingerprint density at radius 3 is 2.75 bits per heavy atom. The van der Waals surface area contributed by atoms with E-state index in [0.717, 1.165) is 17.6 Å². The molecule has 3 rings (SSSR count). The van der Waals surface area contributed by atoms with Crippen LogP contribution in [0.15, 0.2) is 15.8 Å². The highest BCUT2D eigenvalue weighted by atomic mass is 16.5. The van der Waals surface area contributed by atoms with Gasteiger partial charge in [-0.25, -0.2) is 4.79 Å². The molecule has 0 aromatic carbocycles. The molecule has 1 saturated carbocycles. The standard InChI is InChI=1S/C14H21N3O3/c1-16-8-10(13(18)17(2)14(16)19)7-15-11-5-6-20-12(11)9-3-4-9/h8-9,11-12,15H,3-7H2,1-2H3. The van der Waals surface area contributed by atoms with E-state index in [1.165, 1.54) is 24.5 Å². The molecule has 0 bridgehead atoms. The Morgan fingerprint density at radius 1 is 1.30 bits per heavy atom. The molecule has 0 radical (unpaired) electrons. The van der Waals surface area contributed by atoms with Crippen LogP contribution in [0.1, 0.15) is 24.8 Å². The largest absolute Gasteiger partial charge is 0.376 e. The lowest BCUT2D eigenvalue weighted by Crippen LogP contribution is -2.42. The van der Waals surface area contributed by atoms with Gasteiger partial charge in [0, 0.05) is 45.0 Å². The molecule has 6 nitrogen and oxygen atoms in total. The molecule has 1 aromatic rings. The summed E-state index contributed by atoms with van der Waals surface area (Å²) < 4.78 is 8.37. The van der Waals surface area contributed by atoms with Gasteiger partial charge < -0.3 is 14.6 Å². The Bertz CT molecular complexity index is 615. The first-order valence-electron chi connectivity index (χ1n) is 7.18. The van der Waals surface area contributed by atoms with Gasteiger partial charge in [0.05, 0.1) is 6.10 Å². The second kappa shape index (κ2) is 5.18. The average Bonchev–Trinajstić information content (AvgIpc) is 3.18. The maximum atomic E-state index is 12.1. The third-order valence-electron chi connectivity index (χ3n) is 4.29. The summed E-state index contributed by atoms with van der Waals surface area (Å²) in [7, 11) is 3.18. The molecule has 2 unspecified atom stereocenters. The smallest absolute Gasteiger partial charge is 0.330 e. The fourth-order valence-electron chi connectivity index (χ4n) is 2.96. The van der Waals surface area contributed by atoms with Crippen LogP contribution >= 0.6 is 0 Å². The van der Waals surface area contributed by atoms with Crippen LogP contribution in [0.4, 0.5) is 0 Å². The number of rotatable bonds is 4. The van der Waals surface area contributed by atoms with Crippen molar-refractivity contribution in [2.24, 2.45) is 20.0 Å². The SMILES string of the molecule is Cn1cc(CNC2CCOC2C2CC2)c(=O)n(C)c1=O. The van der Waals surface area contributed by atoms with Gasteiger partial charge in [-0.3, -0.25) is 9.36 Å². The minimum atomic E-state index is -0.293. The maximum Gasteiger partial charge on any atom is 0.330 e. The van der Waals surface area contributed by atoms with Crippen molar-refractivity contribution < 1.29 is 4.74 Å². The van der Waals surface area contributed by atoms with E-state index < -0.39 is 0 Å². The Hall–Kier alpha value is -1.40. The van der Waals surface area contributed by atoms with Gasteiger partial charge in [0.25, 0.3) is 5.56 Å². The first-order chi connectivity index (χ1) is 9.58. The van der Waals surface area contributed by atoms with E-state index in [0.29, 0.717) is 30.2 Å². The quantitative estimate of drug-likeness (QED) is 0.825. The highest BCUT2D eigenvalue weighted by molar-refractivity contribution is 5.06. The van der Waals surface area contributed by atoms with Gasteiger partial charge in [0.1, 0.15) is 0 Å². The predicted molar refractivity (Wildman–Crippen MR) is 74.6 cm³/mol. The molecule has 1 aromatic heterocycles. The molecule has 6 heteroatoms. The van der Waals surface area contributed by atoms with Gasteiger partial charge in [-0.05, 0) is 25.2 Å². The minimum Gasteiger partial charge on any atom is -0.376 e. The fourth-order valence-corrected chi connectivity index (χ4v) is 2.96. The minimum absolute atomic E-state index is 0.220. The van der Waals surface area contributed by atoms with Crippen molar-refractivity contribution in [2.75, 3.05) is 6.61 Å². The number of aromatic nitrogens is 2. The Labute approximate surface area is 117 Å². The zero-order valence-corrected chi connectivity index (χ0v) is 12.0. The van der Waals surface area contributed by atoms with Crippen LogP contribution in [0.3, 0.4) is 0 Å². The van der Waals surface area contributed by atoms with E-state index in [-0.39, 0.29) is 11.2 Å². The van der Waals surface area contributed by atoms with Gasteiger partial charge in [0.2, 0.25) is 0 Å². The first kappa shape index (κ1) is 13.6. The van der Waals surface area contributed by atoms with E-state index >= 15 is 0 Å². The van der Waals surface area contributed by atoms with Gasteiger partial charge in [0.15, 0.2) is 0 Å². The molecule has 2 heterocycles. The van der Waals surface area contributed by atoms with Crippen LogP contribution in [0.2, 0.25) is 0 Å². The molecule has 1 aliphatic heterocycles. The van der Waals surface area contributed by atoms with E-state index in [1.807, 2.05) is 0 Å². The molecule has 110 valence electrons. The maximum absolute atomic E-state index is 12.1. The molecule has 20 heavy (non-hydrogen) atoms. The highest BCUT2D eigenvalue weighted by Gasteiger charge is 2.40. The average molecular weight is 279 g/mol. The van der Waals surface area contributed by atoms with Crippen molar-refractivity contribution in [1.29, 1.82) is 0 Å². The van der Waals surface area contributed by atoms with Gasteiger partial charge in [-0.15, -0.1) is 0 Å². The third-order valence-corrected chi connectivity index (χ3v) is 4.29. The molecule has 1 N–H and O–H groups in total. The molecular formula is C14H21N3O3. The van der Waals surface area contributed by atoms with E-state index in [1.54, 1.807) is 13.2 Å². The van der Waals surface area contributed by atoms with Crippen LogP contribution in [0.5, 0.6) is 0 Å². The summed E-state index contributed by atoms with van der Waals surface area (Å²) in [5, 5.41) is 3.43. The monoisotopic (exact) mass is 279 g/mol. The van der Waals surface area contributed by atoms with Crippen LogP contribution in [-0.2, 0) is 25.4 Å². The molecule has 0 amide bonds. The Balaban J connectivity index is 1.72. The summed E-state index contributed by atoms with van der Waals surface area (Å²) >= 11 is 0. The third kappa shape index (κ3) is 2.45. The molecular weight excluding hydrogens is 258 g/mol. The van der Waals surface area contributed by atoms with Crippen molar-refractivity contribution in [1.82, 2.24) is 14.5 Å². The zero-order chi connectivity index (χ0) is 14.3. The summed E-state index contributed by atoms with van der Waals surface area (Å²) in [5.41, 5.74) is 0.109. The van der Waals surface area contributed by atoms with Crippen LogP contribution in [-0.4, -0.2) is 27.9 Å². The Kier molecular flexibility index (Phi) is 3.52. The summed E-state index contributed by atoms with van der Waals surface area (Å²) in [6, 6.07) is 0.324. The Morgan fingerprint density at radius 2 is 2.05 bits per heavy atom. The summed E-state index contributed by atoms with van der Waals surface area (Å²) in [6.07, 6.45) is 5.42. The molecule has 2 atom stereocenters. The van der Waals surface area contributed by atoms with E-state index in [2.05, 4.69) is 5.32 Å². The fraction of sp³-hybridized carbons (Fsp3) is 0.714. The second-order valence-electron chi connectivity index (χ2n) is 5.86. The molecule has 1 aliphatic carbocycles. The summed E-state index contributed by atoms with van der Waals surface area (Å²) in [6.45, 7) is 1.28. The van der Waals surface area contributed by atoms with E-state index in [4.69, 9.17) is 4.74 Å². The van der Waals surface area contributed by atoms with Crippen molar-refractivity contribution in [3.63, 3.8) is 0 Å². The number of ether oxygens (including phenoxy) is 1. The van der Waals surface area contributed by atoms with E-state index in [9.17, 15) is 9.59 Å². The van der Waals surface area contributed by atoms with Gasteiger partial charge >= 0.3 is 5.69 Å². The molecule has 2 fully saturated rings. The van der Waals surface area contributed by atoms with Crippen molar-refractivity contribution in [3.8, 4) is 0 Å². The number of hydrogen-bond donors (Lipinski definition) is 1. The normalized spacial score (nSPS) is 26.1. The summed E-state index contributed by atoms with van der Waals surface area (Å²) in [5.74, 6) is 0.693. The lowest BCUT2D eigenvalue weighted by atomic mass is 10.1. The number of hydrogen-bond acceptors (Lipinski definition) is 4. The predicted octanol–water partition coefficient (Wildman–Crippen LogP) is -0.259. The molecule has 2 aliphatic rings. The number of nitrogens with zero attached hydrogens (tertiary/aromatic N) is 2. The lowest BCUT2D eigenvalue weighted by Gasteiger charge is -2.19. The van der Waals surface area contributed by atoms with Crippen molar-refractivity contribution in [2.45, 2.75) is 38.0 Å². The first-order valence-corrected chi connectivity index (χ1v) is 7.18. The number of aryl methyl sites for hydroxylation is 1. The van der Waals surface area contributed by atoms with Crippen LogP contribution in [0, 0.1) is 5.92 Å². The lowest BCUT2D eigenvalue weighted by molar-refractivity contribution is 0.0808. The topological polar surface area (TPSA) is 65.3 Å². The zero-order valence-electron chi connectivity index (χ0n) is 12.0. The number of nitrogens with one attached hydrogen (secondary N) is 1.